The molecule has 0 aliphatic heterocycles. The second kappa shape index (κ2) is 8.12. The van der Waals surface area contributed by atoms with Crippen LogP contribution >= 0.6 is 15.9 Å². The molecule has 0 saturated carbocycles. The molecular formula is C17H17BrN6O3. The molecule has 0 aliphatic rings. The Bertz CT molecular complexity index is 1040. The van der Waals surface area contributed by atoms with E-state index in [1.54, 1.807) is 7.05 Å². The smallest absolute Gasteiger partial charge is 0.266 e. The van der Waals surface area contributed by atoms with E-state index in [1.807, 2.05) is 30.3 Å². The molecule has 0 spiro atoms. The topological polar surface area (TPSA) is 111 Å². The van der Waals surface area contributed by atoms with Crippen molar-refractivity contribution >= 4 is 38.8 Å². The van der Waals surface area contributed by atoms with Crippen LogP contribution in [0.3, 0.4) is 0 Å². The minimum absolute atomic E-state index is 0.174. The number of hydrogen-bond acceptors (Lipinski definition) is 5. The number of nitrogens with one attached hydrogen (secondary N) is 2. The summed E-state index contributed by atoms with van der Waals surface area (Å²) in [6.07, 6.45) is 1.29. The van der Waals surface area contributed by atoms with Gasteiger partial charge in [-0.05, 0) is 21.5 Å². The standard InChI is InChI=1S/C17H17BrN6O3/c1-23-16-14(15(18)22-23)17(27)24(10-21-16)9-13(26)20-8-12(25)19-7-11-5-3-2-4-6-11/h2-6,10H,7-9H2,1H3,(H,19,25)(H,20,26). The monoisotopic (exact) mass is 432 g/mol. The van der Waals surface area contributed by atoms with Crippen molar-refractivity contribution in [2.45, 2.75) is 13.1 Å². The Morgan fingerprint density at radius 3 is 2.63 bits per heavy atom. The number of amides is 2. The Morgan fingerprint density at radius 2 is 1.89 bits per heavy atom. The first-order valence-corrected chi connectivity index (χ1v) is 8.90. The van der Waals surface area contributed by atoms with Gasteiger partial charge < -0.3 is 10.6 Å². The van der Waals surface area contributed by atoms with Crippen LogP contribution in [-0.4, -0.2) is 37.7 Å². The van der Waals surface area contributed by atoms with Gasteiger partial charge in [-0.3, -0.25) is 19.0 Å². The lowest BCUT2D eigenvalue weighted by molar-refractivity contribution is -0.126. The zero-order valence-electron chi connectivity index (χ0n) is 14.5. The fourth-order valence-electron chi connectivity index (χ4n) is 2.50. The van der Waals surface area contributed by atoms with Gasteiger partial charge in [0.15, 0.2) is 5.65 Å². The summed E-state index contributed by atoms with van der Waals surface area (Å²) in [4.78, 5) is 40.5. The molecule has 2 aromatic heterocycles. The molecule has 0 unspecified atom stereocenters. The predicted octanol–water partition coefficient (Wildman–Crippen LogP) is 0.325. The molecule has 0 atom stereocenters. The number of fused-ring (bicyclic) bond motifs is 1. The summed E-state index contributed by atoms with van der Waals surface area (Å²) in [5.41, 5.74) is 0.998. The first-order chi connectivity index (χ1) is 13.0. The molecule has 27 heavy (non-hydrogen) atoms. The van der Waals surface area contributed by atoms with Crippen molar-refractivity contribution in [2.24, 2.45) is 7.05 Å². The second-order valence-corrected chi connectivity index (χ2v) is 6.58. The summed E-state index contributed by atoms with van der Waals surface area (Å²) in [7, 11) is 1.67. The van der Waals surface area contributed by atoms with Crippen LogP contribution in [0.2, 0.25) is 0 Å². The number of rotatable bonds is 6. The van der Waals surface area contributed by atoms with Crippen molar-refractivity contribution < 1.29 is 9.59 Å². The van der Waals surface area contributed by atoms with Gasteiger partial charge in [-0.25, -0.2) is 9.67 Å². The largest absolute Gasteiger partial charge is 0.350 e. The zero-order chi connectivity index (χ0) is 19.4. The van der Waals surface area contributed by atoms with E-state index in [9.17, 15) is 14.4 Å². The Hall–Kier alpha value is -3.01. The maximum atomic E-state index is 12.5. The van der Waals surface area contributed by atoms with Crippen molar-refractivity contribution in [3.8, 4) is 0 Å². The molecule has 3 aromatic rings. The van der Waals surface area contributed by atoms with Gasteiger partial charge in [0.1, 0.15) is 22.9 Å². The fourth-order valence-corrected chi connectivity index (χ4v) is 3.08. The SMILES string of the molecule is Cn1nc(Br)c2c(=O)n(CC(=O)NCC(=O)NCc3ccccc3)cnc21. The number of carbonyl (C=O) groups excluding carboxylic acids is 2. The molecule has 1 aromatic carbocycles. The minimum Gasteiger partial charge on any atom is -0.350 e. The van der Waals surface area contributed by atoms with Crippen LogP contribution in [0.15, 0.2) is 46.1 Å². The maximum absolute atomic E-state index is 12.5. The van der Waals surface area contributed by atoms with Crippen molar-refractivity contribution in [2.75, 3.05) is 6.54 Å². The van der Waals surface area contributed by atoms with Crippen LogP contribution in [0.4, 0.5) is 0 Å². The number of nitrogens with zero attached hydrogens (tertiary/aromatic N) is 4. The molecule has 2 amide bonds. The van der Waals surface area contributed by atoms with Crippen LogP contribution < -0.4 is 16.2 Å². The van der Waals surface area contributed by atoms with Gasteiger partial charge in [0.25, 0.3) is 5.56 Å². The summed E-state index contributed by atoms with van der Waals surface area (Å²) >= 11 is 3.22. The highest BCUT2D eigenvalue weighted by Crippen LogP contribution is 2.16. The molecule has 10 heteroatoms. The lowest BCUT2D eigenvalue weighted by atomic mass is 10.2. The third-order valence-corrected chi connectivity index (χ3v) is 4.42. The van der Waals surface area contributed by atoms with E-state index in [1.165, 1.54) is 15.6 Å². The molecule has 0 aliphatic carbocycles. The van der Waals surface area contributed by atoms with Crippen LogP contribution in [0.5, 0.6) is 0 Å². The van der Waals surface area contributed by atoms with Crippen molar-refractivity contribution in [1.29, 1.82) is 0 Å². The van der Waals surface area contributed by atoms with Gasteiger partial charge in [0, 0.05) is 13.6 Å². The second-order valence-electron chi connectivity index (χ2n) is 5.83. The lowest BCUT2D eigenvalue weighted by Gasteiger charge is -2.08. The number of halogens is 1. The molecule has 140 valence electrons. The Morgan fingerprint density at radius 1 is 1.15 bits per heavy atom. The molecule has 0 bridgehead atoms. The van der Waals surface area contributed by atoms with Gasteiger partial charge in [-0.15, -0.1) is 0 Å². The number of hydrogen-bond donors (Lipinski definition) is 2. The van der Waals surface area contributed by atoms with Crippen LogP contribution in [0.1, 0.15) is 5.56 Å². The number of benzene rings is 1. The van der Waals surface area contributed by atoms with Crippen molar-refractivity contribution in [1.82, 2.24) is 30.0 Å². The highest BCUT2D eigenvalue weighted by molar-refractivity contribution is 9.10. The van der Waals surface area contributed by atoms with Gasteiger partial charge in [-0.2, -0.15) is 5.10 Å². The normalized spacial score (nSPS) is 10.7. The first kappa shape index (κ1) is 18.8. The van der Waals surface area contributed by atoms with E-state index < -0.39 is 5.91 Å². The van der Waals surface area contributed by atoms with Gasteiger partial charge in [0.05, 0.1) is 6.54 Å². The maximum Gasteiger partial charge on any atom is 0.266 e. The molecule has 3 rings (SSSR count). The van der Waals surface area contributed by atoms with E-state index in [0.717, 1.165) is 5.56 Å². The number of carbonyl (C=O) groups is 2. The highest BCUT2D eigenvalue weighted by atomic mass is 79.9. The average Bonchev–Trinajstić information content (AvgIpc) is 2.95. The van der Waals surface area contributed by atoms with Gasteiger partial charge >= 0.3 is 0 Å². The average molecular weight is 433 g/mol. The van der Waals surface area contributed by atoms with Crippen molar-refractivity contribution in [3.05, 3.63) is 57.2 Å². The van der Waals surface area contributed by atoms with E-state index in [-0.39, 0.29) is 24.6 Å². The minimum atomic E-state index is -0.465. The van der Waals surface area contributed by atoms with E-state index in [2.05, 4.69) is 36.6 Å². The Labute approximate surface area is 162 Å². The lowest BCUT2D eigenvalue weighted by Crippen LogP contribution is -2.39. The van der Waals surface area contributed by atoms with Gasteiger partial charge in [0.2, 0.25) is 11.8 Å². The summed E-state index contributed by atoms with van der Waals surface area (Å²) in [6.45, 7) is -0.0353. The van der Waals surface area contributed by atoms with E-state index in [0.29, 0.717) is 22.2 Å². The van der Waals surface area contributed by atoms with E-state index in [4.69, 9.17) is 0 Å². The Balaban J connectivity index is 1.56. The Kier molecular flexibility index (Phi) is 5.65. The van der Waals surface area contributed by atoms with Crippen LogP contribution in [-0.2, 0) is 29.7 Å². The van der Waals surface area contributed by atoms with Crippen LogP contribution in [0, 0.1) is 0 Å². The molecule has 9 nitrogen and oxygen atoms in total. The van der Waals surface area contributed by atoms with E-state index >= 15 is 0 Å². The molecule has 2 heterocycles. The number of aryl methyl sites for hydroxylation is 1. The molecule has 0 saturated heterocycles. The molecule has 0 radical (unpaired) electrons. The van der Waals surface area contributed by atoms with Crippen LogP contribution in [0.25, 0.3) is 11.0 Å². The summed E-state index contributed by atoms with van der Waals surface area (Å²) in [6, 6.07) is 9.44. The zero-order valence-corrected chi connectivity index (χ0v) is 16.1. The summed E-state index contributed by atoms with van der Waals surface area (Å²) in [5, 5.41) is 9.58. The first-order valence-electron chi connectivity index (χ1n) is 8.10. The summed E-state index contributed by atoms with van der Waals surface area (Å²) < 4.78 is 3.02. The molecule has 0 fully saturated rings. The summed E-state index contributed by atoms with van der Waals surface area (Å²) in [5.74, 6) is -0.781. The third-order valence-electron chi connectivity index (χ3n) is 3.86. The third kappa shape index (κ3) is 4.40. The highest BCUT2D eigenvalue weighted by Gasteiger charge is 2.15. The number of aromatic nitrogens is 4. The quantitative estimate of drug-likeness (QED) is 0.582. The molecule has 2 N–H and O–H groups in total. The van der Waals surface area contributed by atoms with Gasteiger partial charge in [-0.1, -0.05) is 30.3 Å². The predicted molar refractivity (Wildman–Crippen MR) is 102 cm³/mol. The van der Waals surface area contributed by atoms with Crippen molar-refractivity contribution in [3.63, 3.8) is 0 Å². The molecular weight excluding hydrogens is 416 g/mol. The fraction of sp³-hybridized carbons (Fsp3) is 0.235.